The lowest BCUT2D eigenvalue weighted by Gasteiger charge is -2.43. The SMILES string of the molecule is COC1C(=O)[C@H](C)C[C@H](C)/C=C/C=C/C=C(\C)C(N(OC)C(=O)N(C)C)C[C@@H]2CC[C@@H](C)[C@@](O)(O2)C(=O)C(=O)N2CCCC[C@H]2C(=O)O[C@H]([C@H](C)C[C@@H]2CC[C@@H](O)[C@H](OC)C2)CC(=O)[C@H](C)/C=C(\C)[C@H]1O. The molecule has 0 aromatic rings. The van der Waals surface area contributed by atoms with Gasteiger partial charge in [-0.2, -0.15) is 5.06 Å². The molecule has 3 aliphatic heterocycles. The van der Waals surface area contributed by atoms with E-state index in [0.717, 1.165) is 4.90 Å². The van der Waals surface area contributed by atoms with Crippen LogP contribution >= 0.6 is 0 Å². The second-order valence-corrected chi connectivity index (χ2v) is 21.1. The fraction of sp³-hybridized carbons (Fsp3) is 0.741. The molecule has 4 aliphatic rings. The number of methoxy groups -OCH3 is 2. The number of allylic oxidation sites excluding steroid dienone is 6. The molecule has 71 heavy (non-hydrogen) atoms. The van der Waals surface area contributed by atoms with Gasteiger partial charge in [0.15, 0.2) is 5.78 Å². The zero-order chi connectivity index (χ0) is 52.9. The highest BCUT2D eigenvalue weighted by Crippen LogP contribution is 2.38. The topological polar surface area (TPSA) is 219 Å². The third kappa shape index (κ3) is 15.5. The van der Waals surface area contributed by atoms with Crippen LogP contribution in [0.15, 0.2) is 47.6 Å². The fourth-order valence-electron chi connectivity index (χ4n) is 10.7. The third-order valence-electron chi connectivity index (χ3n) is 15.3. The minimum absolute atomic E-state index is 0.0382. The van der Waals surface area contributed by atoms with E-state index in [1.165, 1.54) is 24.2 Å². The van der Waals surface area contributed by atoms with Gasteiger partial charge in [-0.15, -0.1) is 0 Å². The smallest absolute Gasteiger partial charge is 0.343 e. The molecule has 400 valence electrons. The fourth-order valence-corrected chi connectivity index (χ4v) is 10.7. The molecule has 1 aliphatic carbocycles. The number of fused-ring (bicyclic) bond motifs is 3. The molecule has 17 heteroatoms. The lowest BCUT2D eigenvalue weighted by Crippen LogP contribution is -2.61. The van der Waals surface area contributed by atoms with Crippen molar-refractivity contribution in [3.63, 3.8) is 0 Å². The van der Waals surface area contributed by atoms with Crippen molar-refractivity contribution in [2.24, 2.45) is 35.5 Å². The second kappa shape index (κ2) is 27.3. The van der Waals surface area contributed by atoms with Crippen LogP contribution in [0.25, 0.3) is 0 Å². The van der Waals surface area contributed by atoms with Gasteiger partial charge in [0.1, 0.15) is 30.1 Å². The van der Waals surface area contributed by atoms with Crippen molar-refractivity contribution >= 4 is 35.3 Å². The summed E-state index contributed by atoms with van der Waals surface area (Å²) in [6.45, 7) is 12.5. The van der Waals surface area contributed by atoms with Crippen LogP contribution in [0.1, 0.15) is 126 Å². The number of cyclic esters (lactones) is 1. The van der Waals surface area contributed by atoms with Gasteiger partial charge in [0, 0.05) is 65.5 Å². The molecule has 0 radical (unpaired) electrons. The summed E-state index contributed by atoms with van der Waals surface area (Å²) in [4.78, 5) is 93.0. The van der Waals surface area contributed by atoms with Crippen molar-refractivity contribution in [3.05, 3.63) is 47.6 Å². The van der Waals surface area contributed by atoms with E-state index < -0.39 is 89.8 Å². The Bertz CT molecular complexity index is 1970. The number of ether oxygens (including phenoxy) is 4. The Hall–Kier alpha value is -4.10. The van der Waals surface area contributed by atoms with Gasteiger partial charge in [-0.3, -0.25) is 24.0 Å². The molecule has 4 rings (SSSR count). The van der Waals surface area contributed by atoms with Gasteiger partial charge in [0.05, 0.1) is 31.5 Å². The van der Waals surface area contributed by atoms with Gasteiger partial charge in [0.2, 0.25) is 5.79 Å². The number of hydroxylamine groups is 2. The van der Waals surface area contributed by atoms with Crippen LogP contribution in [-0.2, 0) is 47.8 Å². The number of urea groups is 1. The van der Waals surface area contributed by atoms with Crippen molar-refractivity contribution in [2.75, 3.05) is 42.0 Å². The first-order valence-electron chi connectivity index (χ1n) is 25.7. The number of aliphatic hydroxyl groups is 3. The summed E-state index contributed by atoms with van der Waals surface area (Å²) in [6.07, 6.45) is 10.2. The number of rotatable bonds is 7. The van der Waals surface area contributed by atoms with Crippen molar-refractivity contribution in [2.45, 2.75) is 180 Å². The Kier molecular flexibility index (Phi) is 22.8. The van der Waals surface area contributed by atoms with Crippen molar-refractivity contribution in [3.8, 4) is 0 Å². The van der Waals surface area contributed by atoms with E-state index in [1.807, 2.05) is 45.1 Å². The molecule has 3 fully saturated rings. The normalized spacial score (nSPS) is 37.9. The highest BCUT2D eigenvalue weighted by atomic mass is 16.7. The number of aliphatic hydroxyl groups excluding tert-OH is 2. The number of carbonyl (C=O) groups is 6. The van der Waals surface area contributed by atoms with Crippen molar-refractivity contribution in [1.82, 2.24) is 14.9 Å². The van der Waals surface area contributed by atoms with Crippen molar-refractivity contribution in [1.29, 1.82) is 0 Å². The number of Topliss-reactive ketones (excluding diaryl/α,β-unsaturated/α-hetero) is 3. The summed E-state index contributed by atoms with van der Waals surface area (Å²) in [6, 6.07) is -2.39. The zero-order valence-electron chi connectivity index (χ0n) is 44.4. The number of esters is 1. The second-order valence-electron chi connectivity index (χ2n) is 21.1. The number of piperidine rings is 1. The number of nitrogens with zero attached hydrogens (tertiary/aromatic N) is 3. The molecular weight excluding hydrogens is 915 g/mol. The molecule has 2 saturated heterocycles. The first kappa shape index (κ1) is 59.5. The highest BCUT2D eigenvalue weighted by Gasteiger charge is 2.53. The van der Waals surface area contributed by atoms with Crippen molar-refractivity contribution < 1.29 is 67.9 Å². The third-order valence-corrected chi connectivity index (χ3v) is 15.3. The Morgan fingerprint density at radius 1 is 0.887 bits per heavy atom. The Morgan fingerprint density at radius 3 is 2.24 bits per heavy atom. The Labute approximate surface area is 421 Å². The van der Waals surface area contributed by atoms with E-state index in [-0.39, 0.29) is 61.2 Å². The van der Waals surface area contributed by atoms with Gasteiger partial charge < -0.3 is 44.1 Å². The molecule has 0 spiro atoms. The minimum Gasteiger partial charge on any atom is -0.460 e. The number of carbonyl (C=O) groups excluding carboxylic acids is 6. The summed E-state index contributed by atoms with van der Waals surface area (Å²) >= 11 is 0. The average molecular weight is 1000 g/mol. The molecule has 0 aromatic carbocycles. The minimum atomic E-state index is -2.56. The quantitative estimate of drug-likeness (QED) is 0.114. The van der Waals surface area contributed by atoms with Gasteiger partial charge in [-0.05, 0) is 107 Å². The Balaban J connectivity index is 1.77. The van der Waals surface area contributed by atoms with E-state index in [1.54, 1.807) is 61.1 Å². The molecule has 3 amide bonds. The van der Waals surface area contributed by atoms with Gasteiger partial charge >= 0.3 is 12.0 Å². The molecular formula is C54H85N3O14. The number of hydrogen-bond donors (Lipinski definition) is 3. The van der Waals surface area contributed by atoms with Gasteiger partial charge in [-0.1, -0.05) is 71.1 Å². The van der Waals surface area contributed by atoms with E-state index in [9.17, 15) is 44.1 Å². The summed E-state index contributed by atoms with van der Waals surface area (Å²) in [5.41, 5.74) is 1.06. The summed E-state index contributed by atoms with van der Waals surface area (Å²) < 4.78 is 23.7. The molecule has 3 heterocycles. The maximum absolute atomic E-state index is 14.5. The standard InChI is InChI=1S/C54H85N3O14/c1-32-18-14-13-15-19-33(2)42(57(69-12)53(65)55(8)9)30-40-23-21-38(7)54(66,71-40)50(62)51(63)56-25-17-16-20-41(56)52(64)70-45(35(4)28-39-22-24-43(58)46(29-39)67-10)31-44(59)34(3)27-37(6)48(61)49(68-11)47(60)36(5)26-32/h13-15,18-19,27,32,34-36,38-43,45-46,48-49,58,61,66H,16-17,20-26,28-31H2,1-12H3/b15-13+,18-14+,33-19+,37-27+/t32-,34-,35-,36-,38-,39+,40+,41+,42?,43-,45+,46-,48-,49?,54-/m1/s1. The molecule has 15 atom stereocenters. The number of amides is 3. The van der Waals surface area contributed by atoms with Crippen LogP contribution in [0.4, 0.5) is 4.79 Å². The van der Waals surface area contributed by atoms with Crippen LogP contribution < -0.4 is 0 Å². The van der Waals surface area contributed by atoms with E-state index in [2.05, 4.69) is 0 Å². The molecule has 1 saturated carbocycles. The summed E-state index contributed by atoms with van der Waals surface area (Å²) in [5, 5.41) is 35.4. The molecule has 17 nitrogen and oxygen atoms in total. The zero-order valence-corrected chi connectivity index (χ0v) is 44.4. The number of ketones is 3. The van der Waals surface area contributed by atoms with Crippen LogP contribution in [0, 0.1) is 35.5 Å². The molecule has 2 bridgehead atoms. The highest BCUT2D eigenvalue weighted by molar-refractivity contribution is 6.39. The van der Waals surface area contributed by atoms with Crippen LogP contribution in [0.2, 0.25) is 0 Å². The summed E-state index contributed by atoms with van der Waals surface area (Å²) in [5.74, 6) is -8.61. The Morgan fingerprint density at radius 2 is 1.59 bits per heavy atom. The molecule has 0 aromatic heterocycles. The van der Waals surface area contributed by atoms with Crippen LogP contribution in [-0.4, -0.2) is 162 Å². The largest absolute Gasteiger partial charge is 0.460 e. The van der Waals surface area contributed by atoms with E-state index in [4.69, 9.17) is 23.8 Å². The van der Waals surface area contributed by atoms with E-state index in [0.29, 0.717) is 68.9 Å². The lowest BCUT2D eigenvalue weighted by atomic mass is 9.78. The average Bonchev–Trinajstić information content (AvgIpc) is 3.34. The van der Waals surface area contributed by atoms with Gasteiger partial charge in [-0.25, -0.2) is 9.59 Å². The van der Waals surface area contributed by atoms with Crippen LogP contribution in [0.3, 0.4) is 0 Å². The van der Waals surface area contributed by atoms with Gasteiger partial charge in [0.25, 0.3) is 11.7 Å². The predicted molar refractivity (Wildman–Crippen MR) is 266 cm³/mol. The monoisotopic (exact) mass is 1000 g/mol. The maximum Gasteiger partial charge on any atom is 0.343 e. The predicted octanol–water partition coefficient (Wildman–Crippen LogP) is 6.08. The molecule has 3 N–H and O–H groups in total. The van der Waals surface area contributed by atoms with E-state index >= 15 is 0 Å². The number of hydrogen-bond acceptors (Lipinski definition) is 14. The lowest BCUT2D eigenvalue weighted by molar-refractivity contribution is -0.266. The summed E-state index contributed by atoms with van der Waals surface area (Å²) in [7, 11) is 7.47. The first-order chi connectivity index (χ1) is 33.5. The first-order valence-corrected chi connectivity index (χ1v) is 25.7. The maximum atomic E-state index is 14.5. The van der Waals surface area contributed by atoms with Crippen LogP contribution in [0.5, 0.6) is 0 Å². The molecule has 2 unspecified atom stereocenters.